The minimum absolute atomic E-state index is 0. The summed E-state index contributed by atoms with van der Waals surface area (Å²) in [7, 11) is 0. The Labute approximate surface area is 156 Å². The zero-order chi connectivity index (χ0) is 15.2. The molecule has 1 amide bonds. The fourth-order valence-electron chi connectivity index (χ4n) is 2.72. The van der Waals surface area contributed by atoms with Crippen molar-refractivity contribution in [1.29, 1.82) is 0 Å². The average molecular weight is 383 g/mol. The first kappa shape index (κ1) is 22.5. The van der Waals surface area contributed by atoms with Crippen LogP contribution in [0.3, 0.4) is 0 Å². The largest absolute Gasteiger partial charge is 0.340 e. The molecule has 1 heterocycles. The van der Waals surface area contributed by atoms with Gasteiger partial charge in [-0.1, -0.05) is 23.7 Å². The first-order valence-electron chi connectivity index (χ1n) is 7.59. The molecule has 1 atom stereocenters. The number of piperazine rings is 1. The third-order valence-corrected chi connectivity index (χ3v) is 4.41. The SMILES string of the molecule is CC(c1ccc(Cl)cc1)N1CCN(C(=O)CCCN)CC1.Cl.Cl. The standard InChI is InChI=1S/C16H24ClN3O.2ClH/c1-13(14-4-6-15(17)7-5-14)19-9-11-20(12-10-19)16(21)3-2-8-18;;/h4-7,13H,2-3,8-12,18H2,1H3;2*1H. The summed E-state index contributed by atoms with van der Waals surface area (Å²) in [5, 5.41) is 0.765. The molecule has 1 fully saturated rings. The number of carbonyl (C=O) groups is 1. The fourth-order valence-corrected chi connectivity index (χ4v) is 2.85. The molecule has 4 nitrogen and oxygen atoms in total. The maximum absolute atomic E-state index is 12.0. The van der Waals surface area contributed by atoms with Crippen LogP contribution >= 0.6 is 36.4 Å². The smallest absolute Gasteiger partial charge is 0.222 e. The molecule has 1 aliphatic rings. The van der Waals surface area contributed by atoms with E-state index in [-0.39, 0.29) is 30.7 Å². The Balaban J connectivity index is 0.00000242. The van der Waals surface area contributed by atoms with E-state index in [1.165, 1.54) is 5.56 Å². The van der Waals surface area contributed by atoms with Gasteiger partial charge in [0.2, 0.25) is 5.91 Å². The first-order chi connectivity index (χ1) is 10.1. The van der Waals surface area contributed by atoms with Gasteiger partial charge in [-0.2, -0.15) is 0 Å². The summed E-state index contributed by atoms with van der Waals surface area (Å²) in [5.41, 5.74) is 6.72. The highest BCUT2D eigenvalue weighted by Gasteiger charge is 2.24. The zero-order valence-electron chi connectivity index (χ0n) is 13.4. The van der Waals surface area contributed by atoms with Crippen molar-refractivity contribution in [3.05, 3.63) is 34.9 Å². The molecule has 0 aromatic heterocycles. The van der Waals surface area contributed by atoms with E-state index in [1.54, 1.807) is 0 Å². The molecule has 0 aliphatic carbocycles. The van der Waals surface area contributed by atoms with E-state index in [9.17, 15) is 4.79 Å². The number of rotatable bonds is 5. The highest BCUT2D eigenvalue weighted by molar-refractivity contribution is 6.30. The molecule has 2 rings (SSSR count). The lowest BCUT2D eigenvalue weighted by Gasteiger charge is -2.38. The summed E-state index contributed by atoms with van der Waals surface area (Å²) in [4.78, 5) is 16.3. The summed E-state index contributed by atoms with van der Waals surface area (Å²) in [5.74, 6) is 0.235. The molecule has 0 spiro atoms. The maximum atomic E-state index is 12.0. The predicted octanol–water partition coefficient (Wildman–Crippen LogP) is 3.13. The predicted molar refractivity (Wildman–Crippen MR) is 101 cm³/mol. The number of amides is 1. The van der Waals surface area contributed by atoms with Gasteiger partial charge in [-0.05, 0) is 37.6 Å². The van der Waals surface area contributed by atoms with Crippen LogP contribution in [0.25, 0.3) is 0 Å². The van der Waals surface area contributed by atoms with E-state index in [4.69, 9.17) is 17.3 Å². The van der Waals surface area contributed by atoms with Crippen molar-refractivity contribution in [3.63, 3.8) is 0 Å². The number of halogens is 3. The number of hydrogen-bond donors (Lipinski definition) is 1. The molecule has 1 saturated heterocycles. The van der Waals surface area contributed by atoms with Gasteiger partial charge in [0.15, 0.2) is 0 Å². The number of benzene rings is 1. The molecule has 0 bridgehead atoms. The molecule has 1 aliphatic heterocycles. The van der Waals surface area contributed by atoms with Crippen LogP contribution in [0, 0.1) is 0 Å². The number of hydrogen-bond acceptors (Lipinski definition) is 3. The van der Waals surface area contributed by atoms with Gasteiger partial charge in [0.25, 0.3) is 0 Å². The minimum Gasteiger partial charge on any atom is -0.340 e. The molecule has 132 valence electrons. The second-order valence-electron chi connectivity index (χ2n) is 5.54. The van der Waals surface area contributed by atoms with E-state index < -0.39 is 0 Å². The maximum Gasteiger partial charge on any atom is 0.222 e. The lowest BCUT2D eigenvalue weighted by molar-refractivity contribution is -0.133. The molecule has 7 heteroatoms. The number of nitrogens with zero attached hydrogens (tertiary/aromatic N) is 2. The normalized spacial score (nSPS) is 16.2. The van der Waals surface area contributed by atoms with E-state index >= 15 is 0 Å². The summed E-state index contributed by atoms with van der Waals surface area (Å²) in [6, 6.07) is 8.36. The van der Waals surface area contributed by atoms with E-state index in [2.05, 4.69) is 24.0 Å². The van der Waals surface area contributed by atoms with Gasteiger partial charge in [-0.15, -0.1) is 24.8 Å². The van der Waals surface area contributed by atoms with Crippen LogP contribution in [0.2, 0.25) is 5.02 Å². The van der Waals surface area contributed by atoms with Crippen LogP contribution in [0.5, 0.6) is 0 Å². The quantitative estimate of drug-likeness (QED) is 0.851. The fraction of sp³-hybridized carbons (Fsp3) is 0.562. The van der Waals surface area contributed by atoms with E-state index in [1.807, 2.05) is 17.0 Å². The van der Waals surface area contributed by atoms with Crippen LogP contribution in [0.15, 0.2) is 24.3 Å². The second kappa shape index (κ2) is 11.1. The molecule has 1 aromatic carbocycles. The summed E-state index contributed by atoms with van der Waals surface area (Å²) in [6.07, 6.45) is 1.35. The van der Waals surface area contributed by atoms with Crippen molar-refractivity contribution in [3.8, 4) is 0 Å². The highest BCUT2D eigenvalue weighted by atomic mass is 35.5. The molecular formula is C16H26Cl3N3O. The van der Waals surface area contributed by atoms with Crippen molar-refractivity contribution in [2.24, 2.45) is 5.73 Å². The molecule has 23 heavy (non-hydrogen) atoms. The second-order valence-corrected chi connectivity index (χ2v) is 5.97. The zero-order valence-corrected chi connectivity index (χ0v) is 15.8. The minimum atomic E-state index is 0. The van der Waals surface area contributed by atoms with Crippen molar-refractivity contribution in [2.45, 2.75) is 25.8 Å². The molecule has 0 radical (unpaired) electrons. The highest BCUT2D eigenvalue weighted by Crippen LogP contribution is 2.23. The Morgan fingerprint density at radius 3 is 2.26 bits per heavy atom. The van der Waals surface area contributed by atoms with Gasteiger partial charge < -0.3 is 10.6 Å². The van der Waals surface area contributed by atoms with Crippen LogP contribution < -0.4 is 5.73 Å². The molecule has 1 unspecified atom stereocenters. The first-order valence-corrected chi connectivity index (χ1v) is 7.97. The van der Waals surface area contributed by atoms with Crippen LogP contribution in [-0.2, 0) is 4.79 Å². The lowest BCUT2D eigenvalue weighted by Crippen LogP contribution is -2.49. The summed E-state index contributed by atoms with van der Waals surface area (Å²) < 4.78 is 0. The summed E-state index contributed by atoms with van der Waals surface area (Å²) in [6.45, 7) is 6.23. The summed E-state index contributed by atoms with van der Waals surface area (Å²) >= 11 is 5.93. The molecule has 2 N–H and O–H groups in total. The number of carbonyl (C=O) groups excluding carboxylic acids is 1. The third kappa shape index (κ3) is 6.48. The van der Waals surface area contributed by atoms with Crippen molar-refractivity contribution >= 4 is 42.3 Å². The van der Waals surface area contributed by atoms with Gasteiger partial charge in [0, 0.05) is 43.7 Å². The topological polar surface area (TPSA) is 49.6 Å². The number of nitrogens with two attached hydrogens (primary N) is 1. The monoisotopic (exact) mass is 381 g/mol. The van der Waals surface area contributed by atoms with Gasteiger partial charge >= 0.3 is 0 Å². The van der Waals surface area contributed by atoms with Crippen LogP contribution in [0.4, 0.5) is 0 Å². The van der Waals surface area contributed by atoms with Crippen molar-refractivity contribution in [1.82, 2.24) is 9.80 Å². The Kier molecular flexibility index (Phi) is 10.9. The molecular weight excluding hydrogens is 357 g/mol. The third-order valence-electron chi connectivity index (χ3n) is 4.16. The van der Waals surface area contributed by atoms with Crippen LogP contribution in [0.1, 0.15) is 31.4 Å². The van der Waals surface area contributed by atoms with Crippen LogP contribution in [-0.4, -0.2) is 48.4 Å². The van der Waals surface area contributed by atoms with Gasteiger partial charge in [-0.3, -0.25) is 9.69 Å². The van der Waals surface area contributed by atoms with Gasteiger partial charge in [0.1, 0.15) is 0 Å². The Bertz CT molecular complexity index is 462. The van der Waals surface area contributed by atoms with Crippen molar-refractivity contribution < 1.29 is 4.79 Å². The Hall–Kier alpha value is -0.520. The Morgan fingerprint density at radius 1 is 1.17 bits per heavy atom. The van der Waals surface area contributed by atoms with Gasteiger partial charge in [0.05, 0.1) is 0 Å². The van der Waals surface area contributed by atoms with Crippen molar-refractivity contribution in [2.75, 3.05) is 32.7 Å². The Morgan fingerprint density at radius 2 is 1.74 bits per heavy atom. The molecule has 1 aromatic rings. The van der Waals surface area contributed by atoms with E-state index in [0.29, 0.717) is 19.0 Å². The average Bonchev–Trinajstić information content (AvgIpc) is 2.53. The van der Waals surface area contributed by atoms with E-state index in [0.717, 1.165) is 37.6 Å². The molecule has 0 saturated carbocycles. The lowest BCUT2D eigenvalue weighted by atomic mass is 10.1. The van der Waals surface area contributed by atoms with Gasteiger partial charge in [-0.25, -0.2) is 0 Å².